The van der Waals surface area contributed by atoms with Gasteiger partial charge >= 0.3 is 0 Å². The summed E-state index contributed by atoms with van der Waals surface area (Å²) in [6.07, 6.45) is 11.4. The molecule has 4 rings (SSSR count). The van der Waals surface area contributed by atoms with Crippen molar-refractivity contribution in [3.8, 4) is 0 Å². The smallest absolute Gasteiger partial charge is 0.266 e. The third-order valence-electron chi connectivity index (χ3n) is 5.51. The van der Waals surface area contributed by atoms with Gasteiger partial charge in [0.05, 0.1) is 11.2 Å². The number of rotatable bonds is 2. The second-order valence-electron chi connectivity index (χ2n) is 6.95. The molecule has 1 amide bonds. The fraction of sp³-hybridized carbons (Fsp3) is 0.765. The molecule has 2 heterocycles. The highest BCUT2D eigenvalue weighted by Crippen LogP contribution is 2.43. The molecule has 0 bridgehead atoms. The number of carbonyl (C=O) groups excluding carboxylic acids is 1. The number of hydrogen-bond acceptors (Lipinski definition) is 3. The van der Waals surface area contributed by atoms with E-state index in [0.717, 1.165) is 23.0 Å². The lowest BCUT2D eigenvalue weighted by Gasteiger charge is -2.38. The molecular formula is C17H24N2OS. The predicted octanol–water partition coefficient (Wildman–Crippen LogP) is 4.21. The topological polar surface area (TPSA) is 33.2 Å². The maximum absolute atomic E-state index is 13.1. The SMILES string of the molecule is O=C(c1scnc1C1CC1)N1CCCC[C@@H]2CCCC[C@H]21. The number of nitrogens with zero attached hydrogens (tertiary/aromatic N) is 2. The van der Waals surface area contributed by atoms with E-state index < -0.39 is 0 Å². The number of thiazole rings is 1. The number of likely N-dealkylation sites (tertiary alicyclic amines) is 1. The first-order valence-electron chi connectivity index (χ1n) is 8.59. The first-order valence-corrected chi connectivity index (χ1v) is 9.47. The molecule has 1 aliphatic heterocycles. The van der Waals surface area contributed by atoms with Gasteiger partial charge in [-0.15, -0.1) is 11.3 Å². The van der Waals surface area contributed by atoms with Crippen molar-refractivity contribution < 1.29 is 4.79 Å². The molecule has 2 atom stereocenters. The van der Waals surface area contributed by atoms with Crippen LogP contribution in [0.4, 0.5) is 0 Å². The summed E-state index contributed by atoms with van der Waals surface area (Å²) in [6.45, 7) is 0.960. The zero-order valence-electron chi connectivity index (χ0n) is 12.6. The van der Waals surface area contributed by atoms with Crippen LogP contribution >= 0.6 is 11.3 Å². The molecule has 1 aromatic rings. The third kappa shape index (κ3) is 2.63. The lowest BCUT2D eigenvalue weighted by Crippen LogP contribution is -2.45. The van der Waals surface area contributed by atoms with Crippen molar-refractivity contribution in [1.29, 1.82) is 0 Å². The van der Waals surface area contributed by atoms with E-state index in [0.29, 0.717) is 12.0 Å². The van der Waals surface area contributed by atoms with Gasteiger partial charge < -0.3 is 4.90 Å². The Kier molecular flexibility index (Phi) is 3.74. The summed E-state index contributed by atoms with van der Waals surface area (Å²) in [7, 11) is 0. The molecule has 2 aliphatic carbocycles. The Morgan fingerprint density at radius 3 is 2.67 bits per heavy atom. The third-order valence-corrected chi connectivity index (χ3v) is 6.34. The molecule has 0 unspecified atom stereocenters. The van der Waals surface area contributed by atoms with E-state index in [1.54, 1.807) is 11.3 Å². The fourth-order valence-corrected chi connectivity index (χ4v) is 5.06. The first kappa shape index (κ1) is 13.7. The molecule has 3 fully saturated rings. The van der Waals surface area contributed by atoms with E-state index in [2.05, 4.69) is 9.88 Å². The molecule has 4 heteroatoms. The molecule has 0 N–H and O–H groups in total. The lowest BCUT2D eigenvalue weighted by molar-refractivity contribution is 0.0572. The second kappa shape index (κ2) is 5.71. The Balaban J connectivity index is 1.60. The molecular weight excluding hydrogens is 280 g/mol. The number of amides is 1. The van der Waals surface area contributed by atoms with Crippen LogP contribution in [-0.2, 0) is 0 Å². The van der Waals surface area contributed by atoms with Gasteiger partial charge in [-0.1, -0.05) is 19.3 Å². The molecule has 1 saturated heterocycles. The van der Waals surface area contributed by atoms with Crippen LogP contribution in [0, 0.1) is 5.92 Å². The summed E-state index contributed by atoms with van der Waals surface area (Å²) in [5, 5.41) is 0. The molecule has 114 valence electrons. The number of fused-ring (bicyclic) bond motifs is 1. The molecule has 21 heavy (non-hydrogen) atoms. The minimum atomic E-state index is 0.290. The molecule has 1 aromatic heterocycles. The average molecular weight is 304 g/mol. The van der Waals surface area contributed by atoms with Crippen molar-refractivity contribution in [2.45, 2.75) is 69.7 Å². The van der Waals surface area contributed by atoms with E-state index in [-0.39, 0.29) is 5.91 Å². The van der Waals surface area contributed by atoms with Crippen LogP contribution in [0.15, 0.2) is 5.51 Å². The molecule has 0 radical (unpaired) electrons. The van der Waals surface area contributed by atoms with Crippen molar-refractivity contribution in [3.63, 3.8) is 0 Å². The van der Waals surface area contributed by atoms with Crippen LogP contribution in [0.25, 0.3) is 0 Å². The summed E-state index contributed by atoms with van der Waals surface area (Å²) in [4.78, 5) is 20.8. The van der Waals surface area contributed by atoms with E-state index in [4.69, 9.17) is 0 Å². The van der Waals surface area contributed by atoms with Crippen LogP contribution in [0.1, 0.15) is 79.1 Å². The van der Waals surface area contributed by atoms with Crippen LogP contribution in [0.3, 0.4) is 0 Å². The Morgan fingerprint density at radius 1 is 1.10 bits per heavy atom. The summed E-state index contributed by atoms with van der Waals surface area (Å²) < 4.78 is 0. The summed E-state index contributed by atoms with van der Waals surface area (Å²) >= 11 is 1.56. The van der Waals surface area contributed by atoms with Crippen LogP contribution in [-0.4, -0.2) is 28.4 Å². The minimum Gasteiger partial charge on any atom is -0.335 e. The molecule has 0 spiro atoms. The maximum Gasteiger partial charge on any atom is 0.266 e. The van der Waals surface area contributed by atoms with Gasteiger partial charge in [-0.2, -0.15) is 0 Å². The van der Waals surface area contributed by atoms with Gasteiger partial charge in [-0.25, -0.2) is 4.98 Å². The zero-order chi connectivity index (χ0) is 14.2. The van der Waals surface area contributed by atoms with Gasteiger partial charge in [0.25, 0.3) is 5.91 Å². The van der Waals surface area contributed by atoms with Gasteiger partial charge in [0.2, 0.25) is 0 Å². The second-order valence-corrected chi connectivity index (χ2v) is 7.80. The Hall–Kier alpha value is -0.900. The molecule has 3 aliphatic rings. The number of hydrogen-bond donors (Lipinski definition) is 0. The van der Waals surface area contributed by atoms with Crippen molar-refractivity contribution in [2.24, 2.45) is 5.92 Å². The van der Waals surface area contributed by atoms with Crippen molar-refractivity contribution >= 4 is 17.2 Å². The monoisotopic (exact) mass is 304 g/mol. The van der Waals surface area contributed by atoms with Crippen molar-refractivity contribution in [1.82, 2.24) is 9.88 Å². The number of aromatic nitrogens is 1. The molecule has 2 saturated carbocycles. The average Bonchev–Trinajstić information content (AvgIpc) is 3.28. The highest BCUT2D eigenvalue weighted by Gasteiger charge is 2.37. The highest BCUT2D eigenvalue weighted by atomic mass is 32.1. The van der Waals surface area contributed by atoms with Gasteiger partial charge in [-0.3, -0.25) is 4.79 Å². The quantitative estimate of drug-likeness (QED) is 0.820. The van der Waals surface area contributed by atoms with Gasteiger partial charge in [0.15, 0.2) is 0 Å². The minimum absolute atomic E-state index is 0.290. The van der Waals surface area contributed by atoms with E-state index in [1.165, 1.54) is 57.8 Å². The Labute approximate surface area is 130 Å². The summed E-state index contributed by atoms with van der Waals surface area (Å²) in [5.74, 6) is 1.62. The van der Waals surface area contributed by atoms with E-state index in [9.17, 15) is 4.79 Å². The van der Waals surface area contributed by atoms with Gasteiger partial charge in [0.1, 0.15) is 4.88 Å². The fourth-order valence-electron chi connectivity index (χ4n) is 4.23. The lowest BCUT2D eigenvalue weighted by atomic mass is 9.81. The van der Waals surface area contributed by atoms with Crippen molar-refractivity contribution in [3.05, 3.63) is 16.1 Å². The van der Waals surface area contributed by atoms with Crippen LogP contribution in [0.2, 0.25) is 0 Å². The first-order chi connectivity index (χ1) is 10.3. The standard InChI is InChI=1S/C17H24N2OS/c20-17(16-15(13-8-9-13)18-11-21-16)19-10-4-3-6-12-5-1-2-7-14(12)19/h11-14H,1-10H2/t12-,14+/m0/s1. The van der Waals surface area contributed by atoms with E-state index >= 15 is 0 Å². The normalized spacial score (nSPS) is 29.8. The maximum atomic E-state index is 13.1. The van der Waals surface area contributed by atoms with E-state index in [1.807, 2.05) is 5.51 Å². The predicted molar refractivity (Wildman–Crippen MR) is 84.7 cm³/mol. The van der Waals surface area contributed by atoms with Gasteiger partial charge in [-0.05, 0) is 44.4 Å². The zero-order valence-corrected chi connectivity index (χ0v) is 13.4. The Bertz CT molecular complexity index is 523. The van der Waals surface area contributed by atoms with Crippen LogP contribution in [0.5, 0.6) is 0 Å². The number of carbonyl (C=O) groups is 1. The van der Waals surface area contributed by atoms with Crippen LogP contribution < -0.4 is 0 Å². The summed E-state index contributed by atoms with van der Waals surface area (Å²) in [5.41, 5.74) is 2.97. The molecule has 0 aromatic carbocycles. The summed E-state index contributed by atoms with van der Waals surface area (Å²) in [6, 6.07) is 0.503. The molecule has 3 nitrogen and oxygen atoms in total. The van der Waals surface area contributed by atoms with Gasteiger partial charge in [0, 0.05) is 18.5 Å². The highest BCUT2D eigenvalue weighted by molar-refractivity contribution is 7.11. The largest absolute Gasteiger partial charge is 0.335 e. The Morgan fingerprint density at radius 2 is 1.86 bits per heavy atom. The van der Waals surface area contributed by atoms with Crippen molar-refractivity contribution in [2.75, 3.05) is 6.54 Å².